The number of aliphatic hydroxyl groups excluding tert-OH is 1. The van der Waals surface area contributed by atoms with Crippen LogP contribution in [0.5, 0.6) is 0 Å². The van der Waals surface area contributed by atoms with Crippen LogP contribution in [0.2, 0.25) is 0 Å². The highest BCUT2D eigenvalue weighted by atomic mass is 16.3. The molecule has 1 unspecified atom stereocenters. The van der Waals surface area contributed by atoms with E-state index in [1.807, 2.05) is 70.3 Å². The zero-order chi connectivity index (χ0) is 17.9. The van der Waals surface area contributed by atoms with Crippen LogP contribution in [0.15, 0.2) is 67.3 Å². The van der Waals surface area contributed by atoms with Crippen molar-refractivity contribution in [2.75, 3.05) is 0 Å². The third-order valence-electron chi connectivity index (χ3n) is 4.98. The van der Waals surface area contributed by atoms with Gasteiger partial charge < -0.3 is 15.0 Å². The lowest BCUT2D eigenvalue weighted by Crippen LogP contribution is -2.39. The van der Waals surface area contributed by atoms with Crippen molar-refractivity contribution < 1.29 is 9.90 Å². The van der Waals surface area contributed by atoms with Crippen molar-refractivity contribution in [1.29, 1.82) is 0 Å². The third-order valence-corrected chi connectivity index (χ3v) is 4.98. The Morgan fingerprint density at radius 3 is 2.58 bits per heavy atom. The zero-order valence-corrected chi connectivity index (χ0v) is 14.4. The second-order valence-electron chi connectivity index (χ2n) is 6.85. The van der Waals surface area contributed by atoms with Crippen molar-refractivity contribution in [3.8, 4) is 5.69 Å². The molecule has 0 saturated heterocycles. The molecule has 134 valence electrons. The molecular weight excluding hydrogens is 328 g/mol. The third kappa shape index (κ3) is 3.55. The minimum Gasteiger partial charge on any atom is -0.391 e. The number of aromatic nitrogens is 3. The Kier molecular flexibility index (Phi) is 4.58. The number of nitrogens with zero attached hydrogens (tertiary/aromatic N) is 3. The average molecular weight is 350 g/mol. The molecule has 1 aliphatic rings. The predicted molar refractivity (Wildman–Crippen MR) is 98.0 cm³/mol. The highest BCUT2D eigenvalue weighted by molar-refractivity contribution is 5.94. The van der Waals surface area contributed by atoms with Gasteiger partial charge in [-0.05, 0) is 61.2 Å². The van der Waals surface area contributed by atoms with Gasteiger partial charge in [0, 0.05) is 42.6 Å². The lowest BCUT2D eigenvalue weighted by Gasteiger charge is -2.16. The fraction of sp³-hybridized carbons (Fsp3) is 0.300. The summed E-state index contributed by atoms with van der Waals surface area (Å²) >= 11 is 0. The quantitative estimate of drug-likeness (QED) is 0.741. The van der Waals surface area contributed by atoms with Crippen molar-refractivity contribution in [3.05, 3.63) is 72.8 Å². The molecule has 2 heterocycles. The second kappa shape index (κ2) is 7.17. The van der Waals surface area contributed by atoms with Gasteiger partial charge in [0.05, 0.1) is 12.1 Å². The molecule has 6 nitrogen and oxygen atoms in total. The number of hydrogen-bond acceptors (Lipinski definition) is 3. The van der Waals surface area contributed by atoms with E-state index >= 15 is 0 Å². The molecular formula is C20H22N4O2. The van der Waals surface area contributed by atoms with Gasteiger partial charge in [0.2, 0.25) is 0 Å². The largest absolute Gasteiger partial charge is 0.391 e. The van der Waals surface area contributed by atoms with Gasteiger partial charge in [-0.15, -0.1) is 0 Å². The maximum absolute atomic E-state index is 12.5. The van der Waals surface area contributed by atoms with Crippen molar-refractivity contribution >= 4 is 5.91 Å². The summed E-state index contributed by atoms with van der Waals surface area (Å²) in [6, 6.07) is 13.1. The molecule has 1 fully saturated rings. The molecule has 1 amide bonds. The van der Waals surface area contributed by atoms with Gasteiger partial charge in [0.15, 0.2) is 0 Å². The van der Waals surface area contributed by atoms with E-state index in [4.69, 9.17) is 0 Å². The van der Waals surface area contributed by atoms with E-state index < -0.39 is 6.10 Å². The van der Waals surface area contributed by atoms with Crippen molar-refractivity contribution in [1.82, 2.24) is 19.7 Å². The van der Waals surface area contributed by atoms with Crippen LogP contribution < -0.4 is 5.32 Å². The summed E-state index contributed by atoms with van der Waals surface area (Å²) in [5.74, 6) is 0.166. The topological polar surface area (TPSA) is 72.1 Å². The van der Waals surface area contributed by atoms with Crippen LogP contribution in [-0.4, -0.2) is 37.5 Å². The molecule has 3 aromatic rings. The lowest BCUT2D eigenvalue weighted by atomic mass is 10.1. The van der Waals surface area contributed by atoms with Crippen LogP contribution in [0.4, 0.5) is 0 Å². The van der Waals surface area contributed by atoms with E-state index in [-0.39, 0.29) is 11.9 Å². The Morgan fingerprint density at radius 1 is 1.12 bits per heavy atom. The molecule has 6 heteroatoms. The summed E-state index contributed by atoms with van der Waals surface area (Å²) in [6.45, 7) is 0.766. The number of carbonyl (C=O) groups excluding carboxylic acids is 1. The molecule has 4 rings (SSSR count). The zero-order valence-electron chi connectivity index (χ0n) is 14.4. The van der Waals surface area contributed by atoms with Crippen LogP contribution >= 0.6 is 0 Å². The molecule has 0 radical (unpaired) electrons. The molecule has 2 aromatic heterocycles. The summed E-state index contributed by atoms with van der Waals surface area (Å²) < 4.78 is 3.86. The fourth-order valence-electron chi connectivity index (χ4n) is 3.64. The van der Waals surface area contributed by atoms with Crippen LogP contribution in [-0.2, 0) is 6.54 Å². The number of aliphatic hydroxyl groups is 1. The van der Waals surface area contributed by atoms with Crippen LogP contribution in [0.25, 0.3) is 5.69 Å². The number of benzene rings is 1. The summed E-state index contributed by atoms with van der Waals surface area (Å²) in [5, 5.41) is 17.5. The van der Waals surface area contributed by atoms with Gasteiger partial charge in [-0.25, -0.2) is 0 Å². The van der Waals surface area contributed by atoms with Crippen molar-refractivity contribution in [2.45, 2.75) is 31.5 Å². The Morgan fingerprint density at radius 2 is 1.88 bits per heavy atom. The number of amides is 1. The summed E-state index contributed by atoms with van der Waals surface area (Å²) in [6.07, 6.45) is 8.52. The summed E-state index contributed by atoms with van der Waals surface area (Å²) in [4.78, 5) is 12.5. The standard InChI is InChI=1S/C20H22N4O2/c25-19-13-15(14-24-11-3-8-21-24)12-18(19)22-20(26)16-4-6-17(7-5-16)23-9-1-2-10-23/h1-11,15,18-19,25H,12-14H2,(H,22,26)/t15?,18-,19-/m1/s1. The molecule has 3 atom stereocenters. The molecule has 1 saturated carbocycles. The Labute approximate surface area is 152 Å². The van der Waals surface area contributed by atoms with Gasteiger partial charge >= 0.3 is 0 Å². The van der Waals surface area contributed by atoms with Gasteiger partial charge in [-0.1, -0.05) is 0 Å². The number of rotatable bonds is 5. The summed E-state index contributed by atoms with van der Waals surface area (Å²) in [7, 11) is 0. The predicted octanol–water partition coefficient (Wildman–Crippen LogP) is 2.24. The molecule has 2 N–H and O–H groups in total. The Balaban J connectivity index is 1.37. The number of carbonyl (C=O) groups is 1. The van der Waals surface area contributed by atoms with Gasteiger partial charge in [-0.3, -0.25) is 9.48 Å². The molecule has 1 aliphatic carbocycles. The van der Waals surface area contributed by atoms with E-state index in [1.165, 1.54) is 0 Å². The molecule has 26 heavy (non-hydrogen) atoms. The Hall–Kier alpha value is -2.86. The van der Waals surface area contributed by atoms with Gasteiger partial charge in [0.1, 0.15) is 0 Å². The SMILES string of the molecule is O=C(N[C@@H]1CC(Cn2cccn2)C[C@H]1O)c1ccc(-n2cccc2)cc1. The van der Waals surface area contributed by atoms with E-state index in [0.717, 1.165) is 18.7 Å². The highest BCUT2D eigenvalue weighted by Gasteiger charge is 2.34. The van der Waals surface area contributed by atoms with Crippen LogP contribution in [0, 0.1) is 5.92 Å². The highest BCUT2D eigenvalue weighted by Crippen LogP contribution is 2.27. The van der Waals surface area contributed by atoms with E-state index in [2.05, 4.69) is 10.4 Å². The maximum atomic E-state index is 12.5. The van der Waals surface area contributed by atoms with Gasteiger partial charge in [0.25, 0.3) is 5.91 Å². The number of hydrogen-bond donors (Lipinski definition) is 2. The first-order valence-corrected chi connectivity index (χ1v) is 8.89. The fourth-order valence-corrected chi connectivity index (χ4v) is 3.64. The maximum Gasteiger partial charge on any atom is 0.251 e. The van der Waals surface area contributed by atoms with Crippen molar-refractivity contribution in [3.63, 3.8) is 0 Å². The van der Waals surface area contributed by atoms with Gasteiger partial charge in [-0.2, -0.15) is 5.10 Å². The first-order chi connectivity index (χ1) is 12.7. The lowest BCUT2D eigenvalue weighted by molar-refractivity contribution is 0.0873. The van der Waals surface area contributed by atoms with E-state index in [9.17, 15) is 9.90 Å². The smallest absolute Gasteiger partial charge is 0.251 e. The molecule has 1 aromatic carbocycles. The van der Waals surface area contributed by atoms with Crippen molar-refractivity contribution in [2.24, 2.45) is 5.92 Å². The van der Waals surface area contributed by atoms with Crippen LogP contribution in [0.3, 0.4) is 0 Å². The normalized spacial score (nSPS) is 22.4. The average Bonchev–Trinajstić information content (AvgIpc) is 3.39. The number of nitrogens with one attached hydrogen (secondary N) is 1. The molecule has 0 spiro atoms. The second-order valence-corrected chi connectivity index (χ2v) is 6.85. The van der Waals surface area contributed by atoms with E-state index in [1.54, 1.807) is 6.20 Å². The Bertz CT molecular complexity index is 841. The molecule has 0 aliphatic heterocycles. The molecule has 0 bridgehead atoms. The van der Waals surface area contributed by atoms with Crippen LogP contribution in [0.1, 0.15) is 23.2 Å². The summed E-state index contributed by atoms with van der Waals surface area (Å²) in [5.41, 5.74) is 1.61. The first kappa shape index (κ1) is 16.6. The minimum absolute atomic E-state index is 0.146. The first-order valence-electron chi connectivity index (χ1n) is 8.89. The van der Waals surface area contributed by atoms with E-state index in [0.29, 0.717) is 17.9 Å². The minimum atomic E-state index is -0.515. The monoisotopic (exact) mass is 350 g/mol.